The normalized spacial score (nSPS) is 19.2. The Bertz CT molecular complexity index is 863. The second kappa shape index (κ2) is 8.95. The molecular weight excluding hydrogens is 368 g/mol. The quantitative estimate of drug-likeness (QED) is 0.637. The highest BCUT2D eigenvalue weighted by Crippen LogP contribution is 2.36. The number of hydrogen-bond donors (Lipinski definition) is 1. The van der Waals surface area contributed by atoms with Crippen molar-refractivity contribution in [3.8, 4) is 0 Å². The van der Waals surface area contributed by atoms with E-state index in [1.807, 2.05) is 71.1 Å². The van der Waals surface area contributed by atoms with Gasteiger partial charge in [-0.05, 0) is 36.0 Å². The highest BCUT2D eigenvalue weighted by molar-refractivity contribution is 7.99. The third kappa shape index (κ3) is 4.32. The zero-order chi connectivity index (χ0) is 19.2. The molecule has 1 saturated heterocycles. The Kier molecular flexibility index (Phi) is 6.15. The van der Waals surface area contributed by atoms with E-state index in [0.29, 0.717) is 6.54 Å². The fourth-order valence-corrected chi connectivity index (χ4v) is 4.91. The van der Waals surface area contributed by atoms with Crippen LogP contribution in [-0.2, 0) is 22.6 Å². The first-order valence-corrected chi connectivity index (χ1v) is 10.9. The summed E-state index contributed by atoms with van der Waals surface area (Å²) < 4.78 is 7.81. The summed E-state index contributed by atoms with van der Waals surface area (Å²) in [6.07, 6.45) is 8.88. The van der Waals surface area contributed by atoms with Gasteiger partial charge in [-0.3, -0.25) is 0 Å². The first kappa shape index (κ1) is 19.2. The second-order valence-electron chi connectivity index (χ2n) is 7.23. The summed E-state index contributed by atoms with van der Waals surface area (Å²) in [6, 6.07) is 18.1. The van der Waals surface area contributed by atoms with E-state index in [1.54, 1.807) is 12.5 Å². The van der Waals surface area contributed by atoms with Crippen molar-refractivity contribution in [2.45, 2.75) is 42.6 Å². The maximum atomic E-state index is 12.0. The molecule has 1 aliphatic rings. The average molecular weight is 395 g/mol. The fraction of sp³-hybridized carbons (Fsp3) is 0.348. The van der Waals surface area contributed by atoms with E-state index in [-0.39, 0.29) is 5.44 Å². The summed E-state index contributed by atoms with van der Waals surface area (Å²) >= 11 is 1.83. The molecule has 0 radical (unpaired) electrons. The number of nitrogens with zero attached hydrogens (tertiary/aromatic N) is 2. The van der Waals surface area contributed by atoms with Crippen LogP contribution in [0.4, 0.5) is 0 Å². The lowest BCUT2D eigenvalue weighted by Crippen LogP contribution is -2.33. The summed E-state index contributed by atoms with van der Waals surface area (Å²) in [7, 11) is 0. The van der Waals surface area contributed by atoms with Crippen LogP contribution in [-0.4, -0.2) is 26.7 Å². The summed E-state index contributed by atoms with van der Waals surface area (Å²) in [6.45, 7) is 1.27. The summed E-state index contributed by atoms with van der Waals surface area (Å²) in [5, 5.41) is 12.0. The molecule has 4 rings (SSSR count). The van der Waals surface area contributed by atoms with Crippen LogP contribution in [0, 0.1) is 0 Å². The molecule has 1 fully saturated rings. The molecule has 2 unspecified atom stereocenters. The van der Waals surface area contributed by atoms with E-state index in [1.165, 1.54) is 6.42 Å². The molecule has 1 N–H and O–H groups in total. The molecule has 1 aliphatic heterocycles. The molecule has 0 amide bonds. The van der Waals surface area contributed by atoms with E-state index in [2.05, 4.69) is 11.1 Å². The molecule has 1 aromatic heterocycles. The second-order valence-corrected chi connectivity index (χ2v) is 8.37. The number of benzene rings is 2. The van der Waals surface area contributed by atoms with Gasteiger partial charge in [0, 0.05) is 24.8 Å². The number of aromatic nitrogens is 2. The largest absolute Gasteiger partial charge is 0.378 e. The maximum Gasteiger partial charge on any atom is 0.133 e. The van der Waals surface area contributed by atoms with Crippen molar-refractivity contribution in [2.75, 3.05) is 6.61 Å². The van der Waals surface area contributed by atoms with Crippen molar-refractivity contribution in [3.05, 3.63) is 90.0 Å². The molecule has 0 aliphatic carbocycles. The van der Waals surface area contributed by atoms with Gasteiger partial charge >= 0.3 is 0 Å². The predicted molar refractivity (Wildman–Crippen MR) is 113 cm³/mol. The first-order valence-electron chi connectivity index (χ1n) is 9.81. The van der Waals surface area contributed by atoms with E-state index in [4.69, 9.17) is 4.74 Å². The van der Waals surface area contributed by atoms with E-state index in [9.17, 15) is 5.11 Å². The minimum Gasteiger partial charge on any atom is -0.378 e. The topological polar surface area (TPSA) is 47.3 Å². The Morgan fingerprint density at radius 3 is 2.68 bits per heavy atom. The van der Waals surface area contributed by atoms with Gasteiger partial charge in [-0.25, -0.2) is 4.98 Å². The van der Waals surface area contributed by atoms with Crippen LogP contribution < -0.4 is 0 Å². The molecular formula is C23H26N2O2S. The number of rotatable bonds is 7. The van der Waals surface area contributed by atoms with Crippen molar-refractivity contribution in [2.24, 2.45) is 0 Å². The maximum absolute atomic E-state index is 12.0. The van der Waals surface area contributed by atoms with Gasteiger partial charge in [-0.15, -0.1) is 11.8 Å². The van der Waals surface area contributed by atoms with Crippen LogP contribution in [0.5, 0.6) is 0 Å². The molecule has 4 nitrogen and oxygen atoms in total. The van der Waals surface area contributed by atoms with Crippen LogP contribution >= 0.6 is 11.8 Å². The van der Waals surface area contributed by atoms with E-state index < -0.39 is 5.60 Å². The van der Waals surface area contributed by atoms with Gasteiger partial charge in [0.1, 0.15) is 11.0 Å². The number of ether oxygens (including phenoxy) is 1. The number of imidazole rings is 1. The number of aliphatic hydroxyl groups is 1. The Balaban J connectivity index is 1.66. The van der Waals surface area contributed by atoms with Crippen LogP contribution in [0.15, 0.2) is 73.3 Å². The summed E-state index contributed by atoms with van der Waals surface area (Å²) in [5.74, 6) is 0.819. The Labute approximate surface area is 170 Å². The summed E-state index contributed by atoms with van der Waals surface area (Å²) in [5.41, 5.74) is 2.09. The number of thioether (sulfide) groups is 1. The molecule has 2 atom stereocenters. The minimum atomic E-state index is -1.13. The lowest BCUT2D eigenvalue weighted by atomic mass is 9.83. The monoisotopic (exact) mass is 394 g/mol. The van der Waals surface area contributed by atoms with Gasteiger partial charge in [-0.2, -0.15) is 0 Å². The van der Waals surface area contributed by atoms with Gasteiger partial charge in [0.05, 0.1) is 12.9 Å². The van der Waals surface area contributed by atoms with Crippen molar-refractivity contribution in [1.82, 2.24) is 9.55 Å². The molecule has 0 saturated carbocycles. The van der Waals surface area contributed by atoms with Crippen LogP contribution in [0.2, 0.25) is 0 Å². The third-order valence-electron chi connectivity index (χ3n) is 5.25. The van der Waals surface area contributed by atoms with Crippen molar-refractivity contribution in [1.29, 1.82) is 0 Å². The summed E-state index contributed by atoms with van der Waals surface area (Å²) in [4.78, 5) is 4.14. The SMILES string of the molecule is OC(Cn1ccnc1)(c1ccccc1)c1ccccc1CSC1CCCCO1. The lowest BCUT2D eigenvalue weighted by molar-refractivity contribution is 0.0603. The predicted octanol–water partition coefficient (Wildman–Crippen LogP) is 4.58. The highest BCUT2D eigenvalue weighted by atomic mass is 32.2. The van der Waals surface area contributed by atoms with Gasteiger partial charge in [0.25, 0.3) is 0 Å². The van der Waals surface area contributed by atoms with Gasteiger partial charge in [-0.1, -0.05) is 54.6 Å². The third-order valence-corrected chi connectivity index (χ3v) is 6.47. The van der Waals surface area contributed by atoms with Gasteiger partial charge in [0.15, 0.2) is 0 Å². The standard InChI is InChI=1S/C23H26N2O2S/c26-23(17-25-14-13-24-18-25,20-9-2-1-3-10-20)21-11-5-4-8-19(21)16-28-22-12-6-7-15-27-22/h1-5,8-11,13-14,18,22,26H,6-7,12,15-17H2. The zero-order valence-corrected chi connectivity index (χ0v) is 16.7. The molecule has 0 bridgehead atoms. The van der Waals surface area contributed by atoms with E-state index >= 15 is 0 Å². The lowest BCUT2D eigenvalue weighted by Gasteiger charge is -2.32. The fourth-order valence-electron chi connectivity index (χ4n) is 3.77. The minimum absolute atomic E-state index is 0.250. The van der Waals surface area contributed by atoms with Crippen LogP contribution in [0.25, 0.3) is 0 Å². The molecule has 2 heterocycles. The molecule has 3 aromatic rings. The Hall–Kier alpha value is -2.08. The van der Waals surface area contributed by atoms with Crippen LogP contribution in [0.3, 0.4) is 0 Å². The van der Waals surface area contributed by atoms with Gasteiger partial charge < -0.3 is 14.4 Å². The molecule has 2 aromatic carbocycles. The molecule has 146 valence electrons. The average Bonchev–Trinajstić information content (AvgIpc) is 3.26. The first-order chi connectivity index (χ1) is 13.8. The van der Waals surface area contributed by atoms with Crippen molar-refractivity contribution in [3.63, 3.8) is 0 Å². The van der Waals surface area contributed by atoms with Crippen molar-refractivity contribution >= 4 is 11.8 Å². The Morgan fingerprint density at radius 2 is 1.93 bits per heavy atom. The van der Waals surface area contributed by atoms with E-state index in [0.717, 1.165) is 41.9 Å². The molecule has 28 heavy (non-hydrogen) atoms. The van der Waals surface area contributed by atoms with Crippen molar-refractivity contribution < 1.29 is 9.84 Å². The molecule has 0 spiro atoms. The Morgan fingerprint density at radius 1 is 1.11 bits per heavy atom. The zero-order valence-electron chi connectivity index (χ0n) is 15.9. The van der Waals surface area contributed by atoms with Gasteiger partial charge in [0.2, 0.25) is 0 Å². The smallest absolute Gasteiger partial charge is 0.133 e. The van der Waals surface area contributed by atoms with Crippen LogP contribution in [0.1, 0.15) is 36.0 Å². The number of hydrogen-bond acceptors (Lipinski definition) is 4. The highest BCUT2D eigenvalue weighted by Gasteiger charge is 2.34. The molecule has 5 heteroatoms.